The lowest BCUT2D eigenvalue weighted by Gasteiger charge is -2.42. The third-order valence-electron chi connectivity index (χ3n) is 4.02. The average molecular weight is 196 g/mol. The molecule has 1 aliphatic carbocycles. The van der Waals surface area contributed by atoms with Crippen molar-refractivity contribution in [1.82, 2.24) is 4.90 Å². The SMILES string of the molecule is CC1CCCCC1N1CCCC(N)C1. The summed E-state index contributed by atoms with van der Waals surface area (Å²) in [6.07, 6.45) is 8.25. The monoisotopic (exact) mass is 196 g/mol. The lowest BCUT2D eigenvalue weighted by atomic mass is 9.84. The first-order chi connectivity index (χ1) is 6.77. The molecule has 1 saturated carbocycles. The Bertz CT molecular complexity index is 181. The van der Waals surface area contributed by atoms with Crippen LogP contribution in [0.3, 0.4) is 0 Å². The van der Waals surface area contributed by atoms with Crippen LogP contribution in [0.5, 0.6) is 0 Å². The van der Waals surface area contributed by atoms with Gasteiger partial charge in [0, 0.05) is 18.6 Å². The van der Waals surface area contributed by atoms with Gasteiger partial charge in [-0.15, -0.1) is 0 Å². The molecule has 2 rings (SSSR count). The number of nitrogens with zero attached hydrogens (tertiary/aromatic N) is 1. The maximum atomic E-state index is 6.04. The smallest absolute Gasteiger partial charge is 0.0168 e. The van der Waals surface area contributed by atoms with Crippen molar-refractivity contribution < 1.29 is 0 Å². The highest BCUT2D eigenvalue weighted by Crippen LogP contribution is 2.29. The molecule has 14 heavy (non-hydrogen) atoms. The van der Waals surface area contributed by atoms with E-state index >= 15 is 0 Å². The lowest BCUT2D eigenvalue weighted by molar-refractivity contribution is 0.0841. The van der Waals surface area contributed by atoms with Crippen molar-refractivity contribution in [2.75, 3.05) is 13.1 Å². The molecule has 2 aliphatic rings. The Balaban J connectivity index is 1.91. The molecule has 2 fully saturated rings. The Kier molecular flexibility index (Phi) is 3.45. The highest BCUT2D eigenvalue weighted by atomic mass is 15.2. The minimum atomic E-state index is 0.442. The highest BCUT2D eigenvalue weighted by molar-refractivity contribution is 4.85. The van der Waals surface area contributed by atoms with E-state index in [4.69, 9.17) is 5.73 Å². The molecule has 1 heterocycles. The van der Waals surface area contributed by atoms with E-state index in [1.54, 1.807) is 0 Å². The molecule has 1 aliphatic heterocycles. The number of piperidine rings is 1. The van der Waals surface area contributed by atoms with Crippen molar-refractivity contribution in [3.05, 3.63) is 0 Å². The molecular formula is C12H24N2. The Morgan fingerprint density at radius 3 is 2.57 bits per heavy atom. The van der Waals surface area contributed by atoms with Gasteiger partial charge < -0.3 is 5.73 Å². The molecule has 3 atom stereocenters. The molecule has 0 bridgehead atoms. The highest BCUT2D eigenvalue weighted by Gasteiger charge is 2.29. The van der Waals surface area contributed by atoms with Gasteiger partial charge in [0.2, 0.25) is 0 Å². The molecule has 0 spiro atoms. The second-order valence-corrected chi connectivity index (χ2v) is 5.23. The molecule has 82 valence electrons. The molecule has 2 heteroatoms. The first-order valence-corrected chi connectivity index (χ1v) is 6.27. The maximum Gasteiger partial charge on any atom is 0.0168 e. The van der Waals surface area contributed by atoms with Crippen LogP contribution in [0.1, 0.15) is 45.4 Å². The molecule has 0 aromatic carbocycles. The normalized spacial score (nSPS) is 41.1. The predicted molar refractivity (Wildman–Crippen MR) is 60.2 cm³/mol. The number of hydrogen-bond donors (Lipinski definition) is 1. The molecule has 1 saturated heterocycles. The fourth-order valence-electron chi connectivity index (χ4n) is 3.18. The summed E-state index contributed by atoms with van der Waals surface area (Å²) in [4.78, 5) is 2.66. The van der Waals surface area contributed by atoms with Crippen LogP contribution in [-0.4, -0.2) is 30.1 Å². The molecule has 3 unspecified atom stereocenters. The van der Waals surface area contributed by atoms with Crippen LogP contribution in [0.4, 0.5) is 0 Å². The summed E-state index contributed by atoms with van der Waals surface area (Å²) in [5.74, 6) is 0.897. The van der Waals surface area contributed by atoms with Gasteiger partial charge in [-0.05, 0) is 38.1 Å². The van der Waals surface area contributed by atoms with E-state index in [-0.39, 0.29) is 0 Å². The van der Waals surface area contributed by atoms with Gasteiger partial charge in [-0.3, -0.25) is 4.90 Å². The van der Waals surface area contributed by atoms with Crippen LogP contribution in [0.2, 0.25) is 0 Å². The summed E-state index contributed by atoms with van der Waals surface area (Å²) < 4.78 is 0. The summed E-state index contributed by atoms with van der Waals surface area (Å²) in [5.41, 5.74) is 6.04. The van der Waals surface area contributed by atoms with E-state index in [9.17, 15) is 0 Å². The van der Waals surface area contributed by atoms with Crippen molar-refractivity contribution in [3.8, 4) is 0 Å². The standard InChI is InChI=1S/C12H24N2/c1-10-5-2-3-7-12(10)14-8-4-6-11(13)9-14/h10-12H,2-9,13H2,1H3. The predicted octanol–water partition coefficient (Wildman–Crippen LogP) is 1.99. The Morgan fingerprint density at radius 2 is 1.86 bits per heavy atom. The molecule has 0 aromatic rings. The van der Waals surface area contributed by atoms with E-state index in [1.165, 1.54) is 45.1 Å². The summed E-state index contributed by atoms with van der Waals surface area (Å²) in [6.45, 7) is 4.86. The minimum Gasteiger partial charge on any atom is -0.327 e. The first-order valence-electron chi connectivity index (χ1n) is 6.27. The second kappa shape index (κ2) is 4.63. The van der Waals surface area contributed by atoms with Crippen molar-refractivity contribution in [2.24, 2.45) is 11.7 Å². The van der Waals surface area contributed by atoms with Crippen LogP contribution in [-0.2, 0) is 0 Å². The number of likely N-dealkylation sites (tertiary alicyclic amines) is 1. The van der Waals surface area contributed by atoms with E-state index in [0.717, 1.165) is 18.5 Å². The van der Waals surface area contributed by atoms with Crippen LogP contribution in [0, 0.1) is 5.92 Å². The van der Waals surface area contributed by atoms with Gasteiger partial charge in [-0.1, -0.05) is 19.8 Å². The zero-order valence-electron chi connectivity index (χ0n) is 9.41. The fraction of sp³-hybridized carbons (Fsp3) is 1.00. The summed E-state index contributed by atoms with van der Waals surface area (Å²) >= 11 is 0. The topological polar surface area (TPSA) is 29.3 Å². The Hall–Kier alpha value is -0.0800. The summed E-state index contributed by atoms with van der Waals surface area (Å²) in [6, 6.07) is 1.29. The van der Waals surface area contributed by atoms with E-state index in [1.807, 2.05) is 0 Å². The minimum absolute atomic E-state index is 0.442. The Labute approximate surface area is 87.8 Å². The molecule has 2 nitrogen and oxygen atoms in total. The first kappa shape index (κ1) is 10.4. The van der Waals surface area contributed by atoms with Crippen LogP contribution >= 0.6 is 0 Å². The van der Waals surface area contributed by atoms with Gasteiger partial charge in [0.05, 0.1) is 0 Å². The molecular weight excluding hydrogens is 172 g/mol. The van der Waals surface area contributed by atoms with Crippen LogP contribution in [0.25, 0.3) is 0 Å². The molecule has 0 aromatic heterocycles. The van der Waals surface area contributed by atoms with E-state index < -0.39 is 0 Å². The summed E-state index contributed by atoms with van der Waals surface area (Å²) in [5, 5.41) is 0. The molecule has 0 amide bonds. The van der Waals surface area contributed by atoms with Gasteiger partial charge >= 0.3 is 0 Å². The third-order valence-corrected chi connectivity index (χ3v) is 4.02. The largest absolute Gasteiger partial charge is 0.327 e. The third kappa shape index (κ3) is 2.29. The van der Waals surface area contributed by atoms with Crippen LogP contribution in [0.15, 0.2) is 0 Å². The maximum absolute atomic E-state index is 6.04. The van der Waals surface area contributed by atoms with Gasteiger partial charge in [0.25, 0.3) is 0 Å². The number of rotatable bonds is 1. The van der Waals surface area contributed by atoms with Crippen molar-refractivity contribution in [2.45, 2.75) is 57.5 Å². The van der Waals surface area contributed by atoms with Gasteiger partial charge in [0.15, 0.2) is 0 Å². The van der Waals surface area contributed by atoms with Crippen molar-refractivity contribution in [1.29, 1.82) is 0 Å². The quantitative estimate of drug-likeness (QED) is 0.695. The van der Waals surface area contributed by atoms with Gasteiger partial charge in [0.1, 0.15) is 0 Å². The van der Waals surface area contributed by atoms with Gasteiger partial charge in [-0.25, -0.2) is 0 Å². The average Bonchev–Trinajstić information content (AvgIpc) is 2.18. The molecule has 2 N–H and O–H groups in total. The van der Waals surface area contributed by atoms with Crippen molar-refractivity contribution >= 4 is 0 Å². The number of nitrogens with two attached hydrogens (primary N) is 1. The summed E-state index contributed by atoms with van der Waals surface area (Å²) in [7, 11) is 0. The zero-order valence-corrected chi connectivity index (χ0v) is 9.41. The fourth-order valence-corrected chi connectivity index (χ4v) is 3.18. The number of hydrogen-bond acceptors (Lipinski definition) is 2. The van der Waals surface area contributed by atoms with Crippen LogP contribution < -0.4 is 5.73 Å². The van der Waals surface area contributed by atoms with Gasteiger partial charge in [-0.2, -0.15) is 0 Å². The molecule has 0 radical (unpaired) electrons. The van der Waals surface area contributed by atoms with E-state index in [2.05, 4.69) is 11.8 Å². The van der Waals surface area contributed by atoms with Crippen molar-refractivity contribution in [3.63, 3.8) is 0 Å². The lowest BCUT2D eigenvalue weighted by Crippen LogP contribution is -2.50. The zero-order chi connectivity index (χ0) is 9.97. The second-order valence-electron chi connectivity index (χ2n) is 5.23. The Morgan fingerprint density at radius 1 is 1.07 bits per heavy atom. The van der Waals surface area contributed by atoms with E-state index in [0.29, 0.717) is 6.04 Å².